The van der Waals surface area contributed by atoms with Crippen molar-refractivity contribution in [2.24, 2.45) is 0 Å². The number of nitrogens with one attached hydrogen (secondary N) is 1. The van der Waals surface area contributed by atoms with Crippen LogP contribution in [0, 0.1) is 0 Å². The lowest BCUT2D eigenvalue weighted by atomic mass is 10.3. The SMILES string of the molecule is CCOC(=O)c1nc(Cl)ccc1N.CCOC(=O)c1nc(Cl)ccc1Nc1cncnc1. The number of pyridine rings is 2. The molecule has 0 saturated heterocycles. The predicted octanol–water partition coefficient (Wildman–Crippen LogP) is 3.94. The largest absolute Gasteiger partial charge is 0.461 e. The minimum Gasteiger partial charge on any atom is -0.461 e. The Kier molecular flexibility index (Phi) is 9.58. The van der Waals surface area contributed by atoms with Crippen molar-refractivity contribution in [3.8, 4) is 0 Å². The summed E-state index contributed by atoms with van der Waals surface area (Å²) in [7, 11) is 0. The van der Waals surface area contributed by atoms with Crippen LogP contribution < -0.4 is 11.1 Å². The van der Waals surface area contributed by atoms with Crippen molar-refractivity contribution in [1.82, 2.24) is 19.9 Å². The fourth-order valence-electron chi connectivity index (χ4n) is 2.22. The first-order valence-corrected chi connectivity index (χ1v) is 10.1. The number of rotatable bonds is 6. The summed E-state index contributed by atoms with van der Waals surface area (Å²) >= 11 is 11.4. The summed E-state index contributed by atoms with van der Waals surface area (Å²) < 4.78 is 9.65. The number of hydrogen-bond acceptors (Lipinski definition) is 10. The number of carbonyl (C=O) groups is 2. The first kappa shape index (κ1) is 24.8. The Balaban J connectivity index is 0.000000244. The third-order valence-electron chi connectivity index (χ3n) is 3.53. The van der Waals surface area contributed by atoms with Gasteiger partial charge in [-0.15, -0.1) is 0 Å². The van der Waals surface area contributed by atoms with E-state index in [1.54, 1.807) is 38.4 Å². The van der Waals surface area contributed by atoms with Crippen LogP contribution in [0.3, 0.4) is 0 Å². The Labute approximate surface area is 194 Å². The van der Waals surface area contributed by atoms with Crippen molar-refractivity contribution < 1.29 is 19.1 Å². The molecule has 3 rings (SSSR count). The van der Waals surface area contributed by atoms with Gasteiger partial charge in [-0.2, -0.15) is 0 Å². The highest BCUT2D eigenvalue weighted by Crippen LogP contribution is 2.21. The van der Waals surface area contributed by atoms with Crippen LogP contribution in [0.1, 0.15) is 34.8 Å². The van der Waals surface area contributed by atoms with Gasteiger partial charge in [-0.05, 0) is 38.1 Å². The van der Waals surface area contributed by atoms with E-state index in [0.717, 1.165) is 0 Å². The maximum Gasteiger partial charge on any atom is 0.359 e. The van der Waals surface area contributed by atoms with Crippen molar-refractivity contribution in [1.29, 1.82) is 0 Å². The second-order valence-electron chi connectivity index (χ2n) is 5.80. The summed E-state index contributed by atoms with van der Waals surface area (Å²) in [5, 5.41) is 3.43. The number of carbonyl (C=O) groups excluding carboxylic acids is 2. The third-order valence-corrected chi connectivity index (χ3v) is 3.95. The van der Waals surface area contributed by atoms with Crippen molar-refractivity contribution in [3.63, 3.8) is 0 Å². The zero-order valence-corrected chi connectivity index (χ0v) is 18.7. The number of aromatic nitrogens is 4. The standard InChI is InChI=1S/C12H11ClN4O2.C8H9ClN2O2/c1-2-19-12(18)11-9(3-4-10(13)17-11)16-8-5-14-7-15-6-8;1-2-13-8(12)7-5(10)3-4-6(9)11-7/h3-7,16H,2H2,1H3;3-4H,2,10H2,1H3. The minimum absolute atomic E-state index is 0.0642. The van der Waals surface area contributed by atoms with Crippen LogP contribution in [0.2, 0.25) is 10.3 Å². The second-order valence-corrected chi connectivity index (χ2v) is 6.57. The molecule has 0 aromatic carbocycles. The lowest BCUT2D eigenvalue weighted by Gasteiger charge is -2.10. The van der Waals surface area contributed by atoms with Crippen molar-refractivity contribution in [2.75, 3.05) is 24.3 Å². The molecule has 10 nitrogen and oxygen atoms in total. The highest BCUT2D eigenvalue weighted by atomic mass is 35.5. The van der Waals surface area contributed by atoms with E-state index in [1.807, 2.05) is 0 Å². The van der Waals surface area contributed by atoms with Gasteiger partial charge < -0.3 is 20.5 Å². The number of nitrogens with two attached hydrogens (primary N) is 1. The highest BCUT2D eigenvalue weighted by molar-refractivity contribution is 6.30. The van der Waals surface area contributed by atoms with Crippen LogP contribution in [-0.2, 0) is 9.47 Å². The molecule has 12 heteroatoms. The summed E-state index contributed by atoms with van der Waals surface area (Å²) in [4.78, 5) is 38.5. The molecule has 0 amide bonds. The average molecular weight is 479 g/mol. The van der Waals surface area contributed by atoms with Gasteiger partial charge in [0.1, 0.15) is 16.6 Å². The van der Waals surface area contributed by atoms with Gasteiger partial charge in [-0.25, -0.2) is 29.5 Å². The van der Waals surface area contributed by atoms with Crippen LogP contribution in [0.5, 0.6) is 0 Å². The van der Waals surface area contributed by atoms with E-state index in [9.17, 15) is 9.59 Å². The first-order chi connectivity index (χ1) is 15.3. The Morgan fingerprint density at radius 1 is 0.906 bits per heavy atom. The van der Waals surface area contributed by atoms with Crippen molar-refractivity contribution in [2.45, 2.75) is 13.8 Å². The Hall–Kier alpha value is -3.50. The zero-order valence-electron chi connectivity index (χ0n) is 17.2. The van der Waals surface area contributed by atoms with Gasteiger partial charge in [0.25, 0.3) is 0 Å². The Morgan fingerprint density at radius 2 is 1.44 bits per heavy atom. The number of esters is 2. The van der Waals surface area contributed by atoms with Gasteiger partial charge in [0.05, 0.1) is 42.7 Å². The highest BCUT2D eigenvalue weighted by Gasteiger charge is 2.15. The van der Waals surface area contributed by atoms with Crippen molar-refractivity contribution in [3.05, 3.63) is 64.7 Å². The maximum atomic E-state index is 11.8. The molecule has 3 aromatic heterocycles. The Morgan fingerprint density at radius 3 is 2.03 bits per heavy atom. The molecule has 0 saturated carbocycles. The molecule has 32 heavy (non-hydrogen) atoms. The number of halogens is 2. The number of ether oxygens (including phenoxy) is 2. The van der Waals surface area contributed by atoms with Crippen LogP contribution in [-0.4, -0.2) is 45.1 Å². The average Bonchev–Trinajstić information content (AvgIpc) is 2.78. The lowest BCUT2D eigenvalue weighted by Crippen LogP contribution is -2.10. The van der Waals surface area contributed by atoms with Gasteiger partial charge in [-0.3, -0.25) is 0 Å². The molecule has 0 aliphatic carbocycles. The molecule has 0 unspecified atom stereocenters. The number of anilines is 3. The summed E-state index contributed by atoms with van der Waals surface area (Å²) in [6.45, 7) is 3.98. The van der Waals surface area contributed by atoms with Gasteiger partial charge >= 0.3 is 11.9 Å². The third kappa shape index (κ3) is 7.33. The van der Waals surface area contributed by atoms with Crippen molar-refractivity contribution >= 4 is 52.2 Å². The van der Waals surface area contributed by atoms with Gasteiger partial charge in [0.15, 0.2) is 11.4 Å². The lowest BCUT2D eigenvalue weighted by molar-refractivity contribution is 0.0511. The molecule has 0 fully saturated rings. The molecule has 0 radical (unpaired) electrons. The topological polar surface area (TPSA) is 142 Å². The summed E-state index contributed by atoms with van der Waals surface area (Å²) in [6, 6.07) is 6.26. The zero-order chi connectivity index (χ0) is 23.5. The van der Waals surface area contributed by atoms with E-state index in [1.165, 1.54) is 18.5 Å². The van der Waals surface area contributed by atoms with Crippen LogP contribution in [0.4, 0.5) is 17.1 Å². The molecule has 3 N–H and O–H groups in total. The normalized spacial score (nSPS) is 9.88. The monoisotopic (exact) mass is 478 g/mol. The predicted molar refractivity (Wildman–Crippen MR) is 120 cm³/mol. The summed E-state index contributed by atoms with van der Waals surface area (Å²) in [5.41, 5.74) is 7.07. The molecule has 0 bridgehead atoms. The second kappa shape index (κ2) is 12.4. The molecule has 0 aliphatic heterocycles. The number of hydrogen-bond donors (Lipinski definition) is 2. The maximum absolute atomic E-state index is 11.8. The van der Waals surface area contributed by atoms with Crippen LogP contribution in [0.15, 0.2) is 43.0 Å². The summed E-state index contributed by atoms with van der Waals surface area (Å²) in [6.07, 6.45) is 4.57. The quantitative estimate of drug-likeness (QED) is 0.394. The minimum atomic E-state index is -0.553. The number of nitrogen functional groups attached to an aromatic ring is 1. The molecule has 0 aliphatic rings. The molecular weight excluding hydrogens is 459 g/mol. The fourth-order valence-corrected chi connectivity index (χ4v) is 2.51. The molecule has 3 aromatic rings. The molecular formula is C20H20Cl2N6O4. The van der Waals surface area contributed by atoms with Gasteiger partial charge in [0.2, 0.25) is 0 Å². The fraction of sp³-hybridized carbons (Fsp3) is 0.200. The van der Waals surface area contributed by atoms with E-state index < -0.39 is 11.9 Å². The molecule has 0 spiro atoms. The molecule has 3 heterocycles. The smallest absolute Gasteiger partial charge is 0.359 e. The van der Waals surface area contributed by atoms with Gasteiger partial charge in [-0.1, -0.05) is 23.2 Å². The molecule has 168 valence electrons. The van der Waals surface area contributed by atoms with E-state index >= 15 is 0 Å². The van der Waals surface area contributed by atoms with E-state index in [4.69, 9.17) is 38.4 Å². The van der Waals surface area contributed by atoms with Crippen LogP contribution >= 0.6 is 23.2 Å². The van der Waals surface area contributed by atoms with E-state index in [2.05, 4.69) is 25.3 Å². The molecule has 0 atom stereocenters. The first-order valence-electron chi connectivity index (χ1n) is 9.30. The summed E-state index contributed by atoms with van der Waals surface area (Å²) in [5.74, 6) is -1.09. The van der Waals surface area contributed by atoms with E-state index in [0.29, 0.717) is 11.4 Å². The van der Waals surface area contributed by atoms with Gasteiger partial charge in [0, 0.05) is 0 Å². The van der Waals surface area contributed by atoms with E-state index in [-0.39, 0.29) is 40.6 Å². The Bertz CT molecular complexity index is 1070. The number of nitrogens with zero attached hydrogens (tertiary/aromatic N) is 4. The van der Waals surface area contributed by atoms with Crippen LogP contribution in [0.25, 0.3) is 0 Å².